The number of nitrogens with one attached hydrogen (secondary N) is 4. The number of benzene rings is 1. The molecule has 38 heavy (non-hydrogen) atoms. The van der Waals surface area contributed by atoms with E-state index in [9.17, 15) is 29.1 Å². The number of H-pyrrole nitrogens is 1. The van der Waals surface area contributed by atoms with Crippen LogP contribution < -0.4 is 21.7 Å². The van der Waals surface area contributed by atoms with Gasteiger partial charge in [0.05, 0.1) is 12.5 Å². The van der Waals surface area contributed by atoms with Gasteiger partial charge in [0, 0.05) is 23.5 Å². The number of carboxylic acid groups (broad SMARTS) is 2. The van der Waals surface area contributed by atoms with E-state index in [4.69, 9.17) is 10.8 Å². The van der Waals surface area contributed by atoms with Crippen LogP contribution in [0.2, 0.25) is 0 Å². The molecule has 0 aliphatic carbocycles. The molecule has 5 unspecified atom stereocenters. The third kappa shape index (κ3) is 8.04. The lowest BCUT2D eigenvalue weighted by Gasteiger charge is -2.28. The quantitative estimate of drug-likeness (QED) is 0.185. The Kier molecular flexibility index (Phi) is 10.8. The number of carbonyl (C=O) groups excluding carboxylic acids is 3. The van der Waals surface area contributed by atoms with Gasteiger partial charge in [0.25, 0.3) is 0 Å². The van der Waals surface area contributed by atoms with E-state index in [-0.39, 0.29) is 12.3 Å². The first-order chi connectivity index (χ1) is 17.8. The average molecular weight is 532 g/mol. The molecule has 208 valence electrons. The largest absolute Gasteiger partial charge is 0.481 e. The molecule has 0 radical (unpaired) electrons. The fourth-order valence-electron chi connectivity index (χ4n) is 3.89. The van der Waals surface area contributed by atoms with Gasteiger partial charge in [-0.15, -0.1) is 0 Å². The Morgan fingerprint density at radius 1 is 0.921 bits per heavy atom. The van der Waals surface area contributed by atoms with Crippen LogP contribution in [0, 0.1) is 11.8 Å². The molecule has 0 bridgehead atoms. The maximum atomic E-state index is 13.5. The molecule has 0 aliphatic rings. The van der Waals surface area contributed by atoms with Crippen molar-refractivity contribution in [3.63, 3.8) is 0 Å². The molecule has 0 spiro atoms. The Labute approximate surface area is 220 Å². The van der Waals surface area contributed by atoms with Crippen LogP contribution >= 0.6 is 0 Å². The fraction of sp³-hybridized carbons (Fsp3) is 0.500. The molecule has 0 aliphatic heterocycles. The second kappa shape index (κ2) is 13.6. The number of hydrogen-bond donors (Lipinski definition) is 7. The lowest BCUT2D eigenvalue weighted by atomic mass is 9.96. The Morgan fingerprint density at radius 3 is 2.13 bits per heavy atom. The highest BCUT2D eigenvalue weighted by molar-refractivity contribution is 5.95. The molecule has 2 rings (SSSR count). The third-order valence-electron chi connectivity index (χ3n) is 6.54. The number of rotatable bonds is 14. The number of aliphatic carboxylic acids is 2. The maximum absolute atomic E-state index is 13.5. The summed E-state index contributed by atoms with van der Waals surface area (Å²) in [6, 6.07) is 2.65. The minimum Gasteiger partial charge on any atom is -0.481 e. The number of aromatic nitrogens is 1. The van der Waals surface area contributed by atoms with E-state index in [0.29, 0.717) is 6.42 Å². The van der Waals surface area contributed by atoms with Crippen molar-refractivity contribution in [2.75, 3.05) is 0 Å². The highest BCUT2D eigenvalue weighted by atomic mass is 16.4. The van der Waals surface area contributed by atoms with E-state index < -0.39 is 66.2 Å². The summed E-state index contributed by atoms with van der Waals surface area (Å²) in [5, 5.41) is 26.7. The first kappa shape index (κ1) is 30.3. The monoisotopic (exact) mass is 531 g/mol. The number of aromatic amines is 1. The molecule has 1 aromatic carbocycles. The summed E-state index contributed by atoms with van der Waals surface area (Å²) in [5.41, 5.74) is 7.61. The molecular formula is C26H37N5O7. The predicted molar refractivity (Wildman–Crippen MR) is 140 cm³/mol. The minimum absolute atomic E-state index is 0.0953. The van der Waals surface area contributed by atoms with E-state index in [1.54, 1.807) is 33.9 Å². The van der Waals surface area contributed by atoms with E-state index in [0.717, 1.165) is 16.5 Å². The third-order valence-corrected chi connectivity index (χ3v) is 6.54. The van der Waals surface area contributed by atoms with Crippen LogP contribution in [0.25, 0.3) is 10.9 Å². The summed E-state index contributed by atoms with van der Waals surface area (Å²) in [6.07, 6.45) is 1.46. The van der Waals surface area contributed by atoms with E-state index in [1.807, 2.05) is 24.3 Å². The molecule has 8 N–H and O–H groups in total. The smallest absolute Gasteiger partial charge is 0.326 e. The lowest BCUT2D eigenvalue weighted by Crippen LogP contribution is -2.59. The van der Waals surface area contributed by atoms with Gasteiger partial charge < -0.3 is 36.9 Å². The van der Waals surface area contributed by atoms with Crippen molar-refractivity contribution in [3.05, 3.63) is 36.0 Å². The summed E-state index contributed by atoms with van der Waals surface area (Å²) in [6.45, 7) is 7.03. The SMILES string of the molecule is CCC(C)C(NC(=O)C(Cc1c[nH]c2ccccc12)NC(=O)C(N)C(C)C)C(=O)NC(CC(=O)O)C(=O)O. The van der Waals surface area contributed by atoms with Gasteiger partial charge in [0.15, 0.2) is 0 Å². The molecular weight excluding hydrogens is 494 g/mol. The molecule has 2 aromatic rings. The van der Waals surface area contributed by atoms with Crippen molar-refractivity contribution >= 4 is 40.6 Å². The van der Waals surface area contributed by atoms with Crippen molar-refractivity contribution in [2.45, 2.75) is 71.1 Å². The zero-order valence-electron chi connectivity index (χ0n) is 22.0. The van der Waals surface area contributed by atoms with Gasteiger partial charge in [-0.3, -0.25) is 19.2 Å². The summed E-state index contributed by atoms with van der Waals surface area (Å²) in [5.74, 6) is -5.56. The van der Waals surface area contributed by atoms with Gasteiger partial charge in [0.2, 0.25) is 17.7 Å². The van der Waals surface area contributed by atoms with Crippen LogP contribution in [0.15, 0.2) is 30.5 Å². The van der Waals surface area contributed by atoms with Crippen LogP contribution in [0.1, 0.15) is 46.1 Å². The first-order valence-corrected chi connectivity index (χ1v) is 12.5. The summed E-state index contributed by atoms with van der Waals surface area (Å²) < 4.78 is 0. The molecule has 0 saturated carbocycles. The number of carboxylic acids is 2. The molecule has 0 fully saturated rings. The van der Waals surface area contributed by atoms with Crippen molar-refractivity contribution in [1.29, 1.82) is 0 Å². The van der Waals surface area contributed by atoms with Gasteiger partial charge in [-0.1, -0.05) is 52.3 Å². The van der Waals surface area contributed by atoms with Crippen LogP contribution in [-0.4, -0.2) is 69.0 Å². The summed E-state index contributed by atoms with van der Waals surface area (Å²) in [7, 11) is 0. The average Bonchev–Trinajstić information content (AvgIpc) is 3.27. The zero-order chi connectivity index (χ0) is 28.6. The van der Waals surface area contributed by atoms with Crippen molar-refractivity contribution in [2.24, 2.45) is 17.6 Å². The molecule has 1 aromatic heterocycles. The van der Waals surface area contributed by atoms with Crippen LogP contribution in [0.5, 0.6) is 0 Å². The lowest BCUT2D eigenvalue weighted by molar-refractivity contribution is -0.147. The van der Waals surface area contributed by atoms with Gasteiger partial charge >= 0.3 is 11.9 Å². The van der Waals surface area contributed by atoms with Crippen LogP contribution in [0.4, 0.5) is 0 Å². The normalized spacial score (nSPS) is 15.2. The van der Waals surface area contributed by atoms with Crippen molar-refractivity contribution in [1.82, 2.24) is 20.9 Å². The number of carbonyl (C=O) groups is 5. The molecule has 3 amide bonds. The van der Waals surface area contributed by atoms with Gasteiger partial charge in [0.1, 0.15) is 18.1 Å². The van der Waals surface area contributed by atoms with Crippen LogP contribution in [-0.2, 0) is 30.4 Å². The molecule has 0 saturated heterocycles. The Balaban J connectivity index is 2.33. The molecule has 1 heterocycles. The number of fused-ring (bicyclic) bond motifs is 1. The second-order valence-corrected chi connectivity index (χ2v) is 9.76. The zero-order valence-corrected chi connectivity index (χ0v) is 22.0. The van der Waals surface area contributed by atoms with Crippen molar-refractivity contribution in [3.8, 4) is 0 Å². The number of amides is 3. The number of nitrogens with two attached hydrogens (primary N) is 1. The topological polar surface area (TPSA) is 204 Å². The Bertz CT molecular complexity index is 1160. The van der Waals surface area contributed by atoms with E-state index in [1.165, 1.54) is 0 Å². The van der Waals surface area contributed by atoms with Gasteiger partial charge in [-0.2, -0.15) is 0 Å². The molecule has 12 heteroatoms. The first-order valence-electron chi connectivity index (χ1n) is 12.5. The summed E-state index contributed by atoms with van der Waals surface area (Å²) in [4.78, 5) is 64.9. The minimum atomic E-state index is -1.67. The highest BCUT2D eigenvalue weighted by Crippen LogP contribution is 2.20. The fourth-order valence-corrected chi connectivity index (χ4v) is 3.89. The standard InChI is InChI=1S/C26H37N5O7/c1-5-14(4)22(25(36)30-19(26(37)38)11-20(32)33)31-23(34)18(29-24(35)21(27)13(2)3)10-15-12-28-17-9-7-6-8-16(15)17/h6-9,12-14,18-19,21-22,28H,5,10-11,27H2,1-4H3,(H,29,35)(H,30,36)(H,31,34)(H,32,33)(H,37,38). The van der Waals surface area contributed by atoms with Crippen molar-refractivity contribution < 1.29 is 34.2 Å². The molecule has 12 nitrogen and oxygen atoms in total. The van der Waals surface area contributed by atoms with E-state index in [2.05, 4.69) is 20.9 Å². The van der Waals surface area contributed by atoms with Gasteiger partial charge in [-0.05, 0) is 23.5 Å². The van der Waals surface area contributed by atoms with E-state index >= 15 is 0 Å². The second-order valence-electron chi connectivity index (χ2n) is 9.76. The predicted octanol–water partition coefficient (Wildman–Crippen LogP) is 0.754. The Hall–Kier alpha value is -3.93. The van der Waals surface area contributed by atoms with Crippen LogP contribution in [0.3, 0.4) is 0 Å². The number of para-hydroxylation sites is 1. The summed E-state index contributed by atoms with van der Waals surface area (Å²) >= 11 is 0. The maximum Gasteiger partial charge on any atom is 0.326 e. The highest BCUT2D eigenvalue weighted by Gasteiger charge is 2.34. The molecule has 5 atom stereocenters. The Morgan fingerprint density at radius 2 is 1.55 bits per heavy atom. The number of hydrogen-bond acceptors (Lipinski definition) is 6. The van der Waals surface area contributed by atoms with Gasteiger partial charge in [-0.25, -0.2) is 4.79 Å².